The fourth-order valence-corrected chi connectivity index (χ4v) is 3.19. The van der Waals surface area contributed by atoms with E-state index in [1.165, 1.54) is 24.3 Å². The van der Waals surface area contributed by atoms with Crippen LogP contribution in [0.5, 0.6) is 0 Å². The van der Waals surface area contributed by atoms with Crippen LogP contribution in [-0.4, -0.2) is 9.88 Å². The van der Waals surface area contributed by atoms with Crippen molar-refractivity contribution in [3.8, 4) is 11.3 Å². The molecule has 1 aromatic carbocycles. The molecule has 100 valence electrons. The Morgan fingerprint density at radius 1 is 1.42 bits per heavy atom. The van der Waals surface area contributed by atoms with Gasteiger partial charge in [0, 0.05) is 10.1 Å². The molecule has 1 aromatic heterocycles. The number of alkyl halides is 1. The molecule has 2 aromatic rings. The van der Waals surface area contributed by atoms with Gasteiger partial charge in [0.15, 0.2) is 5.01 Å². The van der Waals surface area contributed by atoms with E-state index in [4.69, 9.17) is 4.89 Å². The normalized spacial score (nSPS) is 13.4. The molecule has 9 heteroatoms. The molecule has 0 aliphatic carbocycles. The summed E-state index contributed by atoms with van der Waals surface area (Å²) in [6.45, 7) is 0. The molecule has 2 rings (SSSR count). The highest BCUT2D eigenvalue weighted by atomic mass is 79.9. The van der Waals surface area contributed by atoms with Gasteiger partial charge in [0.1, 0.15) is 5.82 Å². The van der Waals surface area contributed by atoms with Crippen LogP contribution in [0.2, 0.25) is 0 Å². The van der Waals surface area contributed by atoms with Crippen LogP contribution in [0.1, 0.15) is 11.4 Å². The monoisotopic (exact) mass is 368 g/mol. The number of halogens is 3. The maximum Gasteiger partial charge on any atom is 0.698 e. The third kappa shape index (κ3) is 3.61. The summed E-state index contributed by atoms with van der Waals surface area (Å²) in [4.78, 5) is 12.5. The summed E-state index contributed by atoms with van der Waals surface area (Å²) >= 11 is 4.15. The molecule has 0 radical (unpaired) electrons. The Morgan fingerprint density at radius 3 is 2.63 bits per heavy atom. The van der Waals surface area contributed by atoms with Crippen molar-refractivity contribution >= 4 is 35.5 Å². The number of rotatable bonds is 4. The van der Waals surface area contributed by atoms with Crippen LogP contribution in [0.25, 0.3) is 11.3 Å². The average Bonchev–Trinajstić information content (AvgIpc) is 2.72. The first-order valence-electron chi connectivity index (χ1n) is 4.86. The predicted molar refractivity (Wildman–Crippen MR) is 70.0 cm³/mol. The lowest BCUT2D eigenvalue weighted by Gasteiger charge is -1.97. The SMILES string of the molecule is O=[P+](O)OC(F)c1nc(-c2ccc(F)cc2)c(Br)s1. The van der Waals surface area contributed by atoms with E-state index in [0.29, 0.717) is 15.0 Å². The molecule has 2 unspecified atom stereocenters. The van der Waals surface area contributed by atoms with Crippen LogP contribution < -0.4 is 0 Å². The molecule has 0 saturated heterocycles. The fraction of sp³-hybridized carbons (Fsp3) is 0.100. The first-order valence-corrected chi connectivity index (χ1v) is 7.60. The van der Waals surface area contributed by atoms with Crippen molar-refractivity contribution in [1.82, 2.24) is 4.98 Å². The molecule has 0 aliphatic heterocycles. The lowest BCUT2D eigenvalue weighted by molar-refractivity contribution is 0.0634. The highest BCUT2D eigenvalue weighted by molar-refractivity contribution is 9.11. The first-order chi connectivity index (χ1) is 8.97. The van der Waals surface area contributed by atoms with Crippen LogP contribution >= 0.6 is 35.5 Å². The van der Waals surface area contributed by atoms with E-state index in [9.17, 15) is 13.3 Å². The number of benzene rings is 1. The van der Waals surface area contributed by atoms with Crippen molar-refractivity contribution in [2.45, 2.75) is 6.36 Å². The second kappa shape index (κ2) is 6.11. The van der Waals surface area contributed by atoms with Gasteiger partial charge in [-0.25, -0.2) is 13.8 Å². The summed E-state index contributed by atoms with van der Waals surface area (Å²) in [5, 5.41) is -0.0939. The largest absolute Gasteiger partial charge is 0.698 e. The number of hydrogen-bond acceptors (Lipinski definition) is 4. The van der Waals surface area contributed by atoms with E-state index in [2.05, 4.69) is 25.4 Å². The number of nitrogens with zero attached hydrogens (tertiary/aromatic N) is 1. The van der Waals surface area contributed by atoms with Crippen molar-refractivity contribution in [3.05, 3.63) is 38.9 Å². The van der Waals surface area contributed by atoms with Crippen LogP contribution in [-0.2, 0) is 9.09 Å². The quantitative estimate of drug-likeness (QED) is 0.815. The predicted octanol–water partition coefficient (Wildman–Crippen LogP) is 4.35. The van der Waals surface area contributed by atoms with Gasteiger partial charge in [0.2, 0.25) is 0 Å². The van der Waals surface area contributed by atoms with Gasteiger partial charge in [-0.2, -0.15) is 0 Å². The van der Waals surface area contributed by atoms with Gasteiger partial charge >= 0.3 is 14.6 Å². The second-order valence-corrected chi connectivity index (χ2v) is 6.38. The van der Waals surface area contributed by atoms with E-state index in [1.54, 1.807) is 0 Å². The van der Waals surface area contributed by atoms with Crippen LogP contribution in [0.3, 0.4) is 0 Å². The molecule has 19 heavy (non-hydrogen) atoms. The zero-order valence-corrected chi connectivity index (χ0v) is 12.4. The molecule has 0 aliphatic rings. The van der Waals surface area contributed by atoms with E-state index in [1.807, 2.05) is 0 Å². The molecule has 0 amide bonds. The Kier molecular flexibility index (Phi) is 4.70. The van der Waals surface area contributed by atoms with E-state index in [-0.39, 0.29) is 10.8 Å². The summed E-state index contributed by atoms with van der Waals surface area (Å²) in [7, 11) is -3.05. The topological polar surface area (TPSA) is 59.4 Å². The fourth-order valence-electron chi connectivity index (χ4n) is 1.32. The van der Waals surface area contributed by atoms with Gasteiger partial charge < -0.3 is 0 Å². The van der Waals surface area contributed by atoms with E-state index >= 15 is 0 Å². The number of thiazole rings is 1. The zero-order valence-electron chi connectivity index (χ0n) is 9.09. The Morgan fingerprint density at radius 2 is 2.05 bits per heavy atom. The van der Waals surface area contributed by atoms with Crippen LogP contribution in [0, 0.1) is 5.82 Å². The highest BCUT2D eigenvalue weighted by Crippen LogP contribution is 2.39. The molecule has 1 heterocycles. The van der Waals surface area contributed by atoms with Crippen LogP contribution in [0.4, 0.5) is 8.78 Å². The summed E-state index contributed by atoms with van der Waals surface area (Å²) in [5.41, 5.74) is 1.01. The Balaban J connectivity index is 2.30. The standard InChI is InChI=1S/C10H5BrF2NO3PS/c11-8-7(5-1-3-6(12)4-2-5)14-10(19-8)9(13)17-18(15)16/h1-4,9H/p+1. The molecule has 0 fully saturated rings. The minimum atomic E-state index is -3.05. The molecule has 0 spiro atoms. The lowest BCUT2D eigenvalue weighted by atomic mass is 10.2. The smallest absolute Gasteiger partial charge is 0.234 e. The van der Waals surface area contributed by atoms with Crippen molar-refractivity contribution in [1.29, 1.82) is 0 Å². The number of aromatic nitrogens is 1. The van der Waals surface area contributed by atoms with Gasteiger partial charge in [-0.3, -0.25) is 0 Å². The molecule has 0 saturated carbocycles. The van der Waals surface area contributed by atoms with Gasteiger partial charge in [0.25, 0.3) is 0 Å². The summed E-state index contributed by atoms with van der Waals surface area (Å²) < 4.78 is 41.3. The zero-order chi connectivity index (χ0) is 14.0. The molecule has 0 bridgehead atoms. The Hall–Kier alpha value is -0.790. The minimum absolute atomic E-state index is 0.0939. The maximum atomic E-state index is 13.5. The summed E-state index contributed by atoms with van der Waals surface area (Å²) in [5.74, 6) is -0.390. The van der Waals surface area contributed by atoms with Crippen molar-refractivity contribution in [3.63, 3.8) is 0 Å². The first kappa shape index (κ1) is 14.6. The molecular weight excluding hydrogens is 363 g/mol. The van der Waals surface area contributed by atoms with Crippen molar-refractivity contribution in [2.24, 2.45) is 0 Å². The molecule has 1 N–H and O–H groups in total. The summed E-state index contributed by atoms with van der Waals surface area (Å²) in [6, 6.07) is 5.52. The van der Waals surface area contributed by atoms with Gasteiger partial charge in [-0.05, 0) is 40.2 Å². The van der Waals surface area contributed by atoms with Crippen molar-refractivity contribution in [2.75, 3.05) is 0 Å². The maximum absolute atomic E-state index is 13.5. The molecule has 4 nitrogen and oxygen atoms in total. The number of hydrogen-bond donors (Lipinski definition) is 1. The Bertz CT molecular complexity index is 607. The Labute approximate surface area is 120 Å². The third-order valence-electron chi connectivity index (χ3n) is 2.10. The van der Waals surface area contributed by atoms with Gasteiger partial charge in [0.05, 0.1) is 9.48 Å². The average molecular weight is 369 g/mol. The second-order valence-electron chi connectivity index (χ2n) is 3.34. The minimum Gasteiger partial charge on any atom is -0.234 e. The van der Waals surface area contributed by atoms with Crippen LogP contribution in [0.15, 0.2) is 28.1 Å². The molecular formula is C10H6BrF2NO3PS+. The highest BCUT2D eigenvalue weighted by Gasteiger charge is 2.28. The summed E-state index contributed by atoms with van der Waals surface area (Å²) in [6.07, 6.45) is -2.08. The van der Waals surface area contributed by atoms with E-state index in [0.717, 1.165) is 11.3 Å². The van der Waals surface area contributed by atoms with Gasteiger partial charge in [-0.15, -0.1) is 16.2 Å². The lowest BCUT2D eigenvalue weighted by Crippen LogP contribution is -1.91. The van der Waals surface area contributed by atoms with Gasteiger partial charge in [-0.1, -0.05) is 4.52 Å². The molecule has 2 atom stereocenters. The van der Waals surface area contributed by atoms with E-state index < -0.39 is 14.6 Å². The third-order valence-corrected chi connectivity index (χ3v) is 4.18. The van der Waals surface area contributed by atoms with Crippen molar-refractivity contribution < 1.29 is 22.8 Å².